The van der Waals surface area contributed by atoms with Crippen molar-refractivity contribution in [2.75, 3.05) is 6.54 Å². The number of rotatable bonds is 9. The minimum absolute atomic E-state index is 0.249. The molecule has 2 amide bonds. The van der Waals surface area contributed by atoms with E-state index in [4.69, 9.17) is 5.11 Å². The summed E-state index contributed by atoms with van der Waals surface area (Å²) in [6.07, 6.45) is 3.16. The van der Waals surface area contributed by atoms with Crippen LogP contribution in [-0.4, -0.2) is 35.5 Å². The van der Waals surface area contributed by atoms with E-state index in [0.717, 1.165) is 6.42 Å². The van der Waals surface area contributed by atoms with Gasteiger partial charge in [-0.15, -0.1) is 6.58 Å². The first kappa shape index (κ1) is 18.4. The molecule has 0 fully saturated rings. The molecule has 23 heavy (non-hydrogen) atoms. The first-order chi connectivity index (χ1) is 11.0. The zero-order valence-electron chi connectivity index (χ0n) is 13.2. The Morgan fingerprint density at radius 3 is 2.48 bits per heavy atom. The van der Waals surface area contributed by atoms with E-state index in [2.05, 4.69) is 17.2 Å². The first-order valence-electron chi connectivity index (χ1n) is 7.52. The van der Waals surface area contributed by atoms with Gasteiger partial charge in [0.25, 0.3) is 11.8 Å². The maximum atomic E-state index is 12.2. The van der Waals surface area contributed by atoms with Gasteiger partial charge in [0.15, 0.2) is 0 Å². The highest BCUT2D eigenvalue weighted by molar-refractivity contribution is 6.00. The number of carboxylic acid groups (broad SMARTS) is 1. The maximum absolute atomic E-state index is 12.2. The van der Waals surface area contributed by atoms with Crippen molar-refractivity contribution in [1.29, 1.82) is 0 Å². The van der Waals surface area contributed by atoms with Gasteiger partial charge in [0.2, 0.25) is 0 Å². The molecule has 0 bridgehead atoms. The smallest absolute Gasteiger partial charge is 0.326 e. The minimum Gasteiger partial charge on any atom is -0.480 e. The topological polar surface area (TPSA) is 95.5 Å². The molecular formula is C17H22N2O4. The predicted octanol–water partition coefficient (Wildman–Crippen LogP) is 1.98. The number of hydrogen-bond donors (Lipinski definition) is 3. The zero-order chi connectivity index (χ0) is 17.2. The summed E-state index contributed by atoms with van der Waals surface area (Å²) in [6.45, 7) is 6.03. The van der Waals surface area contributed by atoms with Gasteiger partial charge in [-0.1, -0.05) is 19.1 Å². The van der Waals surface area contributed by atoms with Crippen molar-refractivity contribution < 1.29 is 19.5 Å². The molecule has 0 aliphatic rings. The van der Waals surface area contributed by atoms with Gasteiger partial charge in [-0.2, -0.15) is 0 Å². The van der Waals surface area contributed by atoms with Gasteiger partial charge in [-0.25, -0.2) is 4.79 Å². The molecule has 1 aromatic carbocycles. The lowest BCUT2D eigenvalue weighted by Gasteiger charge is -2.14. The highest BCUT2D eigenvalue weighted by Crippen LogP contribution is 2.07. The summed E-state index contributed by atoms with van der Waals surface area (Å²) in [6, 6.07) is 5.20. The molecule has 6 nitrogen and oxygen atoms in total. The van der Waals surface area contributed by atoms with E-state index >= 15 is 0 Å². The Kier molecular flexibility index (Phi) is 7.53. The number of hydrogen-bond acceptors (Lipinski definition) is 3. The summed E-state index contributed by atoms with van der Waals surface area (Å²) in [5.74, 6) is -1.88. The van der Waals surface area contributed by atoms with E-state index < -0.39 is 17.9 Å². The molecule has 0 aromatic heterocycles. The average Bonchev–Trinajstić information content (AvgIpc) is 2.56. The van der Waals surface area contributed by atoms with Crippen LogP contribution in [0.25, 0.3) is 0 Å². The third-order valence-corrected chi connectivity index (χ3v) is 3.19. The van der Waals surface area contributed by atoms with Crippen molar-refractivity contribution in [3.05, 3.63) is 48.0 Å². The third-order valence-electron chi connectivity index (χ3n) is 3.19. The second-order valence-corrected chi connectivity index (χ2v) is 5.07. The summed E-state index contributed by atoms with van der Waals surface area (Å²) in [5.41, 5.74) is 0.614. The SMILES string of the molecule is C=CCCC(NC(=O)c1cccc(C(=O)NCCC)c1)C(=O)O. The fourth-order valence-electron chi connectivity index (χ4n) is 1.93. The van der Waals surface area contributed by atoms with Crippen molar-refractivity contribution in [2.24, 2.45) is 0 Å². The number of benzene rings is 1. The van der Waals surface area contributed by atoms with Crippen LogP contribution in [0.1, 0.15) is 46.9 Å². The standard InChI is InChI=1S/C17H22N2O4/c1-3-5-9-14(17(22)23)19-16(21)13-8-6-7-12(11-13)15(20)18-10-4-2/h3,6-8,11,14H,1,4-5,9-10H2,2H3,(H,18,20)(H,19,21)(H,22,23). The predicted molar refractivity (Wildman–Crippen MR) is 87.4 cm³/mol. The van der Waals surface area contributed by atoms with Crippen LogP contribution in [0.3, 0.4) is 0 Å². The summed E-state index contributed by atoms with van der Waals surface area (Å²) in [5, 5.41) is 14.3. The van der Waals surface area contributed by atoms with Gasteiger partial charge in [-0.3, -0.25) is 9.59 Å². The second-order valence-electron chi connectivity index (χ2n) is 5.07. The Morgan fingerprint density at radius 2 is 1.91 bits per heavy atom. The van der Waals surface area contributed by atoms with Crippen molar-refractivity contribution in [3.8, 4) is 0 Å². The lowest BCUT2D eigenvalue weighted by atomic mass is 10.1. The molecule has 124 valence electrons. The van der Waals surface area contributed by atoms with Crippen molar-refractivity contribution in [3.63, 3.8) is 0 Å². The summed E-state index contributed by atoms with van der Waals surface area (Å²) < 4.78 is 0. The number of nitrogens with one attached hydrogen (secondary N) is 2. The van der Waals surface area contributed by atoms with Crippen LogP contribution < -0.4 is 10.6 Å². The number of allylic oxidation sites excluding steroid dienone is 1. The van der Waals surface area contributed by atoms with Crippen molar-refractivity contribution in [2.45, 2.75) is 32.2 Å². The molecule has 0 saturated heterocycles. The fraction of sp³-hybridized carbons (Fsp3) is 0.353. The van der Waals surface area contributed by atoms with Crippen LogP contribution in [0.5, 0.6) is 0 Å². The Morgan fingerprint density at radius 1 is 1.26 bits per heavy atom. The average molecular weight is 318 g/mol. The van der Waals surface area contributed by atoms with E-state index in [9.17, 15) is 14.4 Å². The Bertz CT molecular complexity index is 584. The molecule has 0 aliphatic heterocycles. The van der Waals surface area contributed by atoms with Gasteiger partial charge in [0.05, 0.1) is 0 Å². The maximum Gasteiger partial charge on any atom is 0.326 e. The molecule has 3 N–H and O–H groups in total. The third kappa shape index (κ3) is 5.94. The normalized spacial score (nSPS) is 11.3. The quantitative estimate of drug-likeness (QED) is 0.607. The zero-order valence-corrected chi connectivity index (χ0v) is 13.2. The Balaban J connectivity index is 2.80. The fourth-order valence-corrected chi connectivity index (χ4v) is 1.93. The monoisotopic (exact) mass is 318 g/mol. The molecule has 0 heterocycles. The van der Waals surface area contributed by atoms with Gasteiger partial charge >= 0.3 is 5.97 Å². The molecule has 0 aliphatic carbocycles. The highest BCUT2D eigenvalue weighted by atomic mass is 16.4. The van der Waals surface area contributed by atoms with Crippen molar-refractivity contribution >= 4 is 17.8 Å². The molecule has 1 unspecified atom stereocenters. The summed E-state index contributed by atoms with van der Waals surface area (Å²) in [4.78, 5) is 35.2. The number of carboxylic acids is 1. The summed E-state index contributed by atoms with van der Waals surface area (Å²) in [7, 11) is 0. The molecule has 0 spiro atoms. The Hall–Kier alpha value is -2.63. The van der Waals surface area contributed by atoms with Crippen LogP contribution in [0.15, 0.2) is 36.9 Å². The van der Waals surface area contributed by atoms with Crippen LogP contribution in [0.4, 0.5) is 0 Å². The molecule has 1 rings (SSSR count). The van der Waals surface area contributed by atoms with E-state index in [1.807, 2.05) is 6.92 Å². The highest BCUT2D eigenvalue weighted by Gasteiger charge is 2.20. The number of carbonyl (C=O) groups excluding carboxylic acids is 2. The molecule has 1 atom stereocenters. The minimum atomic E-state index is -1.10. The van der Waals surface area contributed by atoms with Crippen LogP contribution in [0, 0.1) is 0 Å². The number of amides is 2. The van der Waals surface area contributed by atoms with Gasteiger partial charge < -0.3 is 15.7 Å². The van der Waals surface area contributed by atoms with Gasteiger partial charge in [-0.05, 0) is 37.5 Å². The lowest BCUT2D eigenvalue weighted by molar-refractivity contribution is -0.139. The van der Waals surface area contributed by atoms with Gasteiger partial charge in [0, 0.05) is 17.7 Å². The summed E-state index contributed by atoms with van der Waals surface area (Å²) >= 11 is 0. The molecular weight excluding hydrogens is 296 g/mol. The van der Waals surface area contributed by atoms with Crippen molar-refractivity contribution in [1.82, 2.24) is 10.6 Å². The van der Waals surface area contributed by atoms with E-state index in [0.29, 0.717) is 18.5 Å². The second kappa shape index (κ2) is 9.40. The number of aliphatic carboxylic acids is 1. The molecule has 1 aromatic rings. The van der Waals surface area contributed by atoms with E-state index in [1.165, 1.54) is 6.07 Å². The van der Waals surface area contributed by atoms with E-state index in [1.54, 1.807) is 24.3 Å². The Labute approximate surface area is 135 Å². The number of carbonyl (C=O) groups is 3. The largest absolute Gasteiger partial charge is 0.480 e. The molecule has 6 heteroatoms. The molecule has 0 saturated carbocycles. The van der Waals surface area contributed by atoms with Crippen LogP contribution in [0.2, 0.25) is 0 Å². The molecule has 0 radical (unpaired) electrons. The lowest BCUT2D eigenvalue weighted by Crippen LogP contribution is -2.40. The van der Waals surface area contributed by atoms with Crippen LogP contribution in [-0.2, 0) is 4.79 Å². The van der Waals surface area contributed by atoms with E-state index in [-0.39, 0.29) is 17.9 Å². The first-order valence-corrected chi connectivity index (χ1v) is 7.52. The van der Waals surface area contributed by atoms with Crippen LogP contribution >= 0.6 is 0 Å². The van der Waals surface area contributed by atoms with Gasteiger partial charge in [0.1, 0.15) is 6.04 Å².